The van der Waals surface area contributed by atoms with Gasteiger partial charge in [-0.05, 0) is 56.2 Å². The Hall–Kier alpha value is -3.40. The first-order valence-electron chi connectivity index (χ1n) is 12.2. The summed E-state index contributed by atoms with van der Waals surface area (Å²) in [6.07, 6.45) is 8.27. The van der Waals surface area contributed by atoms with E-state index in [2.05, 4.69) is 10.3 Å². The molecule has 10 heteroatoms. The Morgan fingerprint density at radius 2 is 1.97 bits per heavy atom. The summed E-state index contributed by atoms with van der Waals surface area (Å²) in [4.78, 5) is 17.2. The SMILES string of the molecule is COc1cc(-c2cnc3cc(OCCC4CCOCC4)ccn23)cc(OC(F)F)c1C(=O)NC1CC1. The lowest BCUT2D eigenvalue weighted by atomic mass is 9.97. The zero-order valence-corrected chi connectivity index (χ0v) is 20.0. The molecule has 192 valence electrons. The van der Waals surface area contributed by atoms with Crippen LogP contribution >= 0.6 is 0 Å². The van der Waals surface area contributed by atoms with Gasteiger partial charge in [-0.3, -0.25) is 9.20 Å². The molecule has 1 amide bonds. The van der Waals surface area contributed by atoms with E-state index in [-0.39, 0.29) is 23.1 Å². The van der Waals surface area contributed by atoms with Crippen molar-refractivity contribution in [3.05, 3.63) is 42.2 Å². The van der Waals surface area contributed by atoms with Gasteiger partial charge >= 0.3 is 6.61 Å². The number of ether oxygens (including phenoxy) is 4. The van der Waals surface area contributed by atoms with E-state index in [0.717, 1.165) is 45.3 Å². The molecule has 1 saturated carbocycles. The predicted molar refractivity (Wildman–Crippen MR) is 128 cm³/mol. The number of carbonyl (C=O) groups is 1. The van der Waals surface area contributed by atoms with E-state index in [1.165, 1.54) is 13.2 Å². The van der Waals surface area contributed by atoms with Crippen LogP contribution in [0.3, 0.4) is 0 Å². The number of hydrogen-bond donors (Lipinski definition) is 1. The fraction of sp³-hybridized carbons (Fsp3) is 0.462. The summed E-state index contributed by atoms with van der Waals surface area (Å²) in [5.41, 5.74) is 1.73. The van der Waals surface area contributed by atoms with Crippen molar-refractivity contribution in [3.8, 4) is 28.5 Å². The van der Waals surface area contributed by atoms with Gasteiger partial charge in [0.25, 0.3) is 5.91 Å². The largest absolute Gasteiger partial charge is 0.496 e. The number of fused-ring (bicyclic) bond motifs is 1. The fourth-order valence-corrected chi connectivity index (χ4v) is 4.44. The highest BCUT2D eigenvalue weighted by Gasteiger charge is 2.29. The number of rotatable bonds is 10. The Labute approximate surface area is 207 Å². The Bertz CT molecular complexity index is 1220. The number of alkyl halides is 2. The molecule has 2 aromatic heterocycles. The first kappa shape index (κ1) is 24.3. The van der Waals surface area contributed by atoms with Gasteiger partial charge in [-0.1, -0.05) is 0 Å². The molecular formula is C26H29F2N3O5. The monoisotopic (exact) mass is 501 g/mol. The second-order valence-corrected chi connectivity index (χ2v) is 9.10. The number of amides is 1. The molecule has 1 aromatic carbocycles. The highest BCUT2D eigenvalue weighted by atomic mass is 19.3. The second kappa shape index (κ2) is 10.7. The van der Waals surface area contributed by atoms with Crippen molar-refractivity contribution in [2.45, 2.75) is 44.8 Å². The van der Waals surface area contributed by atoms with Crippen LogP contribution in [0.25, 0.3) is 16.9 Å². The second-order valence-electron chi connectivity index (χ2n) is 9.10. The maximum absolute atomic E-state index is 13.2. The number of carbonyl (C=O) groups excluding carboxylic acids is 1. The topological polar surface area (TPSA) is 83.3 Å². The standard InChI is InChI=1S/C26H29F2N3O5/c1-33-21-12-17(13-22(36-26(27)28)24(21)25(32)30-18-2-3-18)20-15-29-23-14-19(4-8-31(20)23)35-11-7-16-5-9-34-10-6-16/h4,8,12-16,18,26H,2-3,5-7,9-11H2,1H3,(H,30,32). The van der Waals surface area contributed by atoms with E-state index < -0.39 is 12.5 Å². The summed E-state index contributed by atoms with van der Waals surface area (Å²) in [5.74, 6) is 0.717. The van der Waals surface area contributed by atoms with E-state index in [9.17, 15) is 13.6 Å². The molecule has 1 N–H and O–H groups in total. The molecule has 0 radical (unpaired) electrons. The van der Waals surface area contributed by atoms with Crippen molar-refractivity contribution in [2.24, 2.45) is 5.92 Å². The minimum absolute atomic E-state index is 0.0492. The zero-order valence-electron chi connectivity index (χ0n) is 20.0. The van der Waals surface area contributed by atoms with Crippen LogP contribution in [-0.2, 0) is 4.74 Å². The third-order valence-corrected chi connectivity index (χ3v) is 6.56. The van der Waals surface area contributed by atoms with Gasteiger partial charge < -0.3 is 24.3 Å². The van der Waals surface area contributed by atoms with Crippen LogP contribution in [0.15, 0.2) is 36.7 Å². The van der Waals surface area contributed by atoms with Gasteiger partial charge in [0.1, 0.15) is 28.5 Å². The number of nitrogens with zero attached hydrogens (tertiary/aromatic N) is 2. The lowest BCUT2D eigenvalue weighted by Gasteiger charge is -2.21. The summed E-state index contributed by atoms with van der Waals surface area (Å²) < 4.78 is 49.8. The van der Waals surface area contributed by atoms with Crippen LogP contribution in [0, 0.1) is 5.92 Å². The third-order valence-electron chi connectivity index (χ3n) is 6.56. The molecule has 36 heavy (non-hydrogen) atoms. The Morgan fingerprint density at radius 3 is 2.69 bits per heavy atom. The third kappa shape index (κ3) is 5.53. The number of benzene rings is 1. The molecule has 1 saturated heterocycles. The quantitative estimate of drug-likeness (QED) is 0.434. The van der Waals surface area contributed by atoms with Crippen LogP contribution in [-0.4, -0.2) is 54.9 Å². The molecule has 0 atom stereocenters. The minimum atomic E-state index is -3.10. The predicted octanol–water partition coefficient (Wildman–Crippen LogP) is 4.70. The van der Waals surface area contributed by atoms with E-state index >= 15 is 0 Å². The van der Waals surface area contributed by atoms with Crippen molar-refractivity contribution >= 4 is 11.6 Å². The highest BCUT2D eigenvalue weighted by Crippen LogP contribution is 2.37. The molecular weight excluding hydrogens is 472 g/mol. The molecule has 0 spiro atoms. The Morgan fingerprint density at radius 1 is 1.19 bits per heavy atom. The van der Waals surface area contributed by atoms with Gasteiger partial charge in [0.05, 0.1) is 25.6 Å². The number of halogens is 2. The van der Waals surface area contributed by atoms with E-state index in [1.54, 1.807) is 12.3 Å². The molecule has 1 aliphatic heterocycles. The van der Waals surface area contributed by atoms with Crippen LogP contribution < -0.4 is 19.5 Å². The normalized spacial score (nSPS) is 16.3. The molecule has 8 nitrogen and oxygen atoms in total. The maximum Gasteiger partial charge on any atom is 0.387 e. The lowest BCUT2D eigenvalue weighted by molar-refractivity contribution is -0.0502. The zero-order chi connectivity index (χ0) is 25.1. The van der Waals surface area contributed by atoms with Gasteiger partial charge in [-0.25, -0.2) is 4.98 Å². The average Bonchev–Trinajstić information content (AvgIpc) is 3.58. The van der Waals surface area contributed by atoms with Crippen LogP contribution in [0.1, 0.15) is 42.5 Å². The molecule has 3 aromatic rings. The molecule has 0 unspecified atom stereocenters. The van der Waals surface area contributed by atoms with Crippen molar-refractivity contribution in [2.75, 3.05) is 26.9 Å². The average molecular weight is 502 g/mol. The molecule has 5 rings (SSSR count). The summed E-state index contributed by atoms with van der Waals surface area (Å²) in [5, 5.41) is 2.80. The van der Waals surface area contributed by atoms with E-state index in [4.69, 9.17) is 18.9 Å². The summed E-state index contributed by atoms with van der Waals surface area (Å²) >= 11 is 0. The molecule has 3 heterocycles. The Balaban J connectivity index is 1.39. The van der Waals surface area contributed by atoms with Crippen molar-refractivity contribution in [1.29, 1.82) is 0 Å². The van der Waals surface area contributed by atoms with Gasteiger partial charge in [0, 0.05) is 37.1 Å². The van der Waals surface area contributed by atoms with Crippen LogP contribution in [0.5, 0.6) is 17.2 Å². The molecule has 2 aliphatic rings. The van der Waals surface area contributed by atoms with Crippen molar-refractivity contribution in [3.63, 3.8) is 0 Å². The lowest BCUT2D eigenvalue weighted by Crippen LogP contribution is -2.26. The van der Waals surface area contributed by atoms with Crippen molar-refractivity contribution < 1.29 is 32.5 Å². The summed E-state index contributed by atoms with van der Waals surface area (Å²) in [6, 6.07) is 6.76. The van der Waals surface area contributed by atoms with Crippen molar-refractivity contribution in [1.82, 2.24) is 14.7 Å². The van der Waals surface area contributed by atoms with E-state index in [1.807, 2.05) is 22.7 Å². The highest BCUT2D eigenvalue weighted by molar-refractivity contribution is 6.01. The number of methoxy groups -OCH3 is 1. The van der Waals surface area contributed by atoms with Gasteiger partial charge in [-0.15, -0.1) is 0 Å². The number of pyridine rings is 1. The summed E-state index contributed by atoms with van der Waals surface area (Å²) in [7, 11) is 1.39. The van der Waals surface area contributed by atoms with Gasteiger partial charge in [0.2, 0.25) is 0 Å². The van der Waals surface area contributed by atoms with Crippen LogP contribution in [0.2, 0.25) is 0 Å². The first-order valence-corrected chi connectivity index (χ1v) is 12.2. The summed E-state index contributed by atoms with van der Waals surface area (Å²) in [6.45, 7) is -0.853. The molecule has 1 aliphatic carbocycles. The molecule has 0 bridgehead atoms. The Kier molecular flexibility index (Phi) is 7.22. The molecule has 2 fully saturated rings. The van der Waals surface area contributed by atoms with Gasteiger partial charge in [0.15, 0.2) is 0 Å². The van der Waals surface area contributed by atoms with E-state index in [0.29, 0.717) is 35.2 Å². The minimum Gasteiger partial charge on any atom is -0.496 e. The number of aromatic nitrogens is 2. The number of imidazole rings is 1. The number of hydrogen-bond acceptors (Lipinski definition) is 6. The smallest absolute Gasteiger partial charge is 0.387 e. The fourth-order valence-electron chi connectivity index (χ4n) is 4.44. The number of nitrogens with one attached hydrogen (secondary N) is 1. The first-order chi connectivity index (χ1) is 17.5. The maximum atomic E-state index is 13.2. The van der Waals surface area contributed by atoms with Crippen LogP contribution in [0.4, 0.5) is 8.78 Å². The van der Waals surface area contributed by atoms with Gasteiger partial charge in [-0.2, -0.15) is 8.78 Å².